The van der Waals surface area contributed by atoms with Crippen LogP contribution in [0.4, 0.5) is 5.69 Å². The molecule has 0 saturated carbocycles. The number of methoxy groups -OCH3 is 1. The Bertz CT molecular complexity index is 864. The number of carbonyl (C=O) groups excluding carboxylic acids is 2. The van der Waals surface area contributed by atoms with Gasteiger partial charge in [-0.05, 0) is 42.8 Å². The molecule has 0 unspecified atom stereocenters. The number of para-hydroxylation sites is 1. The van der Waals surface area contributed by atoms with E-state index in [2.05, 4.69) is 5.32 Å². The number of anilines is 1. The van der Waals surface area contributed by atoms with Crippen LogP contribution in [0.5, 0.6) is 5.75 Å². The number of carbonyl (C=O) groups is 2. The average molecular weight is 350 g/mol. The molecule has 0 spiro atoms. The largest absolute Gasteiger partial charge is 0.494 e. The highest BCUT2D eigenvalue weighted by atomic mass is 16.5. The number of nitrogens with zero attached hydrogens (tertiary/aromatic N) is 1. The monoisotopic (exact) mass is 350 g/mol. The van der Waals surface area contributed by atoms with Gasteiger partial charge in [-0.1, -0.05) is 24.3 Å². The highest BCUT2D eigenvalue weighted by Crippen LogP contribution is 2.18. The lowest BCUT2D eigenvalue weighted by atomic mass is 10.1. The molecule has 2 aromatic carbocycles. The van der Waals surface area contributed by atoms with Crippen molar-refractivity contribution in [1.29, 1.82) is 5.26 Å². The van der Waals surface area contributed by atoms with Crippen molar-refractivity contribution in [1.82, 2.24) is 0 Å². The molecule has 0 aromatic heterocycles. The fourth-order valence-electron chi connectivity index (χ4n) is 2.21. The van der Waals surface area contributed by atoms with Gasteiger partial charge in [0.15, 0.2) is 0 Å². The van der Waals surface area contributed by atoms with Gasteiger partial charge in [-0.2, -0.15) is 5.26 Å². The van der Waals surface area contributed by atoms with Gasteiger partial charge in [0.1, 0.15) is 17.4 Å². The lowest BCUT2D eigenvalue weighted by Crippen LogP contribution is -2.16. The van der Waals surface area contributed by atoms with Gasteiger partial charge in [-0.3, -0.25) is 4.79 Å². The third-order valence-corrected chi connectivity index (χ3v) is 3.45. The van der Waals surface area contributed by atoms with Gasteiger partial charge in [-0.15, -0.1) is 0 Å². The molecule has 0 aliphatic rings. The van der Waals surface area contributed by atoms with Gasteiger partial charge >= 0.3 is 5.97 Å². The Labute approximate surface area is 151 Å². The molecule has 0 bridgehead atoms. The molecule has 0 aliphatic heterocycles. The number of nitrogens with one attached hydrogen (secondary N) is 1. The Morgan fingerprint density at radius 2 is 1.85 bits per heavy atom. The zero-order valence-electron chi connectivity index (χ0n) is 14.5. The van der Waals surface area contributed by atoms with Crippen LogP contribution in [-0.4, -0.2) is 25.6 Å². The van der Waals surface area contributed by atoms with E-state index in [1.807, 2.05) is 13.0 Å². The molecule has 1 N–H and O–H groups in total. The number of amides is 1. The maximum Gasteiger partial charge on any atom is 0.339 e. The van der Waals surface area contributed by atoms with Gasteiger partial charge in [0.25, 0.3) is 5.91 Å². The predicted octanol–water partition coefficient (Wildman–Crippen LogP) is 3.42. The summed E-state index contributed by atoms with van der Waals surface area (Å²) in [6.45, 7) is 2.44. The second kappa shape index (κ2) is 9.04. The fourth-order valence-corrected chi connectivity index (χ4v) is 2.21. The predicted molar refractivity (Wildman–Crippen MR) is 97.6 cm³/mol. The number of hydrogen-bond donors (Lipinski definition) is 1. The normalized spacial score (nSPS) is 10.6. The Kier molecular flexibility index (Phi) is 6.52. The highest BCUT2D eigenvalue weighted by molar-refractivity contribution is 6.11. The molecular formula is C20H18N2O4. The SMILES string of the molecule is CCOc1ccc(C=C(C#N)C(=O)Nc2ccccc2C(=O)OC)cc1. The van der Waals surface area contributed by atoms with Crippen molar-refractivity contribution in [2.24, 2.45) is 0 Å². The molecule has 0 heterocycles. The second-order valence-electron chi connectivity index (χ2n) is 5.16. The Morgan fingerprint density at radius 1 is 1.15 bits per heavy atom. The molecule has 6 nitrogen and oxygen atoms in total. The summed E-state index contributed by atoms with van der Waals surface area (Å²) in [7, 11) is 1.26. The van der Waals surface area contributed by atoms with Crippen molar-refractivity contribution in [3.8, 4) is 11.8 Å². The number of hydrogen-bond acceptors (Lipinski definition) is 5. The molecule has 0 atom stereocenters. The summed E-state index contributed by atoms with van der Waals surface area (Å²) in [5, 5.41) is 11.9. The molecule has 0 radical (unpaired) electrons. The van der Waals surface area contributed by atoms with E-state index in [9.17, 15) is 14.9 Å². The van der Waals surface area contributed by atoms with Gasteiger partial charge < -0.3 is 14.8 Å². The van der Waals surface area contributed by atoms with Crippen LogP contribution < -0.4 is 10.1 Å². The standard InChI is InChI=1S/C20H18N2O4/c1-3-26-16-10-8-14(9-11-16)12-15(13-21)19(23)22-18-7-5-4-6-17(18)20(24)25-2/h4-12H,3H2,1-2H3,(H,22,23). The first-order chi connectivity index (χ1) is 12.6. The summed E-state index contributed by atoms with van der Waals surface area (Å²) < 4.78 is 10.0. The Morgan fingerprint density at radius 3 is 2.46 bits per heavy atom. The topological polar surface area (TPSA) is 88.4 Å². The molecule has 26 heavy (non-hydrogen) atoms. The van der Waals surface area contributed by atoms with Crippen LogP contribution >= 0.6 is 0 Å². The minimum absolute atomic E-state index is 0.0890. The molecule has 6 heteroatoms. The summed E-state index contributed by atoms with van der Waals surface area (Å²) in [6.07, 6.45) is 1.46. The smallest absolute Gasteiger partial charge is 0.339 e. The van der Waals surface area contributed by atoms with Gasteiger partial charge in [0.2, 0.25) is 0 Å². The first kappa shape index (κ1) is 18.7. The summed E-state index contributed by atoms with van der Waals surface area (Å²) in [4.78, 5) is 24.2. The summed E-state index contributed by atoms with van der Waals surface area (Å²) in [5.74, 6) is -0.479. The van der Waals surface area contributed by atoms with Gasteiger partial charge in [0.05, 0.1) is 25.0 Å². The highest BCUT2D eigenvalue weighted by Gasteiger charge is 2.15. The maximum absolute atomic E-state index is 12.4. The van der Waals surface area contributed by atoms with E-state index < -0.39 is 11.9 Å². The van der Waals surface area contributed by atoms with E-state index >= 15 is 0 Å². The van der Waals surface area contributed by atoms with Crippen LogP contribution in [0.2, 0.25) is 0 Å². The van der Waals surface area contributed by atoms with E-state index in [1.54, 1.807) is 42.5 Å². The molecule has 132 valence electrons. The number of esters is 1. The van der Waals surface area contributed by atoms with Crippen LogP contribution in [0.3, 0.4) is 0 Å². The van der Waals surface area contributed by atoms with Crippen molar-refractivity contribution in [2.45, 2.75) is 6.92 Å². The van der Waals surface area contributed by atoms with Crippen LogP contribution in [-0.2, 0) is 9.53 Å². The van der Waals surface area contributed by atoms with Crippen molar-refractivity contribution in [3.63, 3.8) is 0 Å². The van der Waals surface area contributed by atoms with Gasteiger partial charge in [0, 0.05) is 0 Å². The Hall–Kier alpha value is -3.59. The van der Waals surface area contributed by atoms with E-state index in [0.29, 0.717) is 17.9 Å². The van der Waals surface area contributed by atoms with Crippen molar-refractivity contribution in [3.05, 3.63) is 65.2 Å². The lowest BCUT2D eigenvalue weighted by molar-refractivity contribution is -0.112. The van der Waals surface area contributed by atoms with Crippen molar-refractivity contribution in [2.75, 3.05) is 19.0 Å². The fraction of sp³-hybridized carbons (Fsp3) is 0.150. The van der Waals surface area contributed by atoms with Crippen molar-refractivity contribution >= 4 is 23.6 Å². The number of benzene rings is 2. The quantitative estimate of drug-likeness (QED) is 0.490. The van der Waals surface area contributed by atoms with E-state index in [1.165, 1.54) is 19.3 Å². The summed E-state index contributed by atoms with van der Waals surface area (Å²) >= 11 is 0. The number of ether oxygens (including phenoxy) is 2. The average Bonchev–Trinajstić information content (AvgIpc) is 2.67. The molecule has 1 amide bonds. The zero-order chi connectivity index (χ0) is 18.9. The van der Waals surface area contributed by atoms with E-state index in [0.717, 1.165) is 0 Å². The van der Waals surface area contributed by atoms with Gasteiger partial charge in [-0.25, -0.2) is 4.79 Å². The minimum atomic E-state index is -0.613. The molecule has 0 aliphatic carbocycles. The lowest BCUT2D eigenvalue weighted by Gasteiger charge is -2.09. The first-order valence-corrected chi connectivity index (χ1v) is 7.92. The third-order valence-electron chi connectivity index (χ3n) is 3.45. The maximum atomic E-state index is 12.4. The molecular weight excluding hydrogens is 332 g/mol. The Balaban J connectivity index is 2.22. The minimum Gasteiger partial charge on any atom is -0.494 e. The first-order valence-electron chi connectivity index (χ1n) is 7.92. The third kappa shape index (κ3) is 4.71. The van der Waals surface area contributed by atoms with Crippen LogP contribution in [0, 0.1) is 11.3 Å². The second-order valence-corrected chi connectivity index (χ2v) is 5.16. The molecule has 2 aromatic rings. The van der Waals surface area contributed by atoms with Crippen LogP contribution in [0.1, 0.15) is 22.8 Å². The molecule has 2 rings (SSSR count). The van der Waals surface area contributed by atoms with Crippen LogP contribution in [0.15, 0.2) is 54.1 Å². The van der Waals surface area contributed by atoms with E-state index in [4.69, 9.17) is 9.47 Å². The van der Waals surface area contributed by atoms with Crippen molar-refractivity contribution < 1.29 is 19.1 Å². The zero-order valence-corrected chi connectivity index (χ0v) is 14.5. The summed E-state index contributed by atoms with van der Waals surface area (Å²) in [6, 6.07) is 15.3. The molecule has 0 fully saturated rings. The van der Waals surface area contributed by atoms with Crippen LogP contribution in [0.25, 0.3) is 6.08 Å². The number of nitriles is 1. The number of rotatable bonds is 6. The summed E-state index contributed by atoms with van der Waals surface area (Å²) in [5.41, 5.74) is 1.08. The molecule has 0 saturated heterocycles. The van der Waals surface area contributed by atoms with E-state index in [-0.39, 0.29) is 16.8 Å².